The highest BCUT2D eigenvalue weighted by molar-refractivity contribution is 7.90. The minimum absolute atomic E-state index is 0.0257. The maximum Gasteiger partial charge on any atom is 0.269 e. The van der Waals surface area contributed by atoms with Crippen molar-refractivity contribution in [2.45, 2.75) is 11.4 Å². The van der Waals surface area contributed by atoms with Crippen LogP contribution in [0.2, 0.25) is 0 Å². The molecule has 0 bridgehead atoms. The zero-order valence-electron chi connectivity index (χ0n) is 12.4. The van der Waals surface area contributed by atoms with Crippen LogP contribution in [0.15, 0.2) is 70.1 Å². The molecule has 0 N–H and O–H groups in total. The smallest absolute Gasteiger partial charge is 0.269 e. The van der Waals surface area contributed by atoms with Gasteiger partial charge in [-0.05, 0) is 12.1 Å². The maximum absolute atomic E-state index is 12.5. The number of sulfonamides is 1. The summed E-state index contributed by atoms with van der Waals surface area (Å²) in [5.74, 6) is -0.248. The number of aromatic nitrogens is 1. The largest absolute Gasteiger partial charge is 0.359 e. The quantitative estimate of drug-likeness (QED) is 0.732. The van der Waals surface area contributed by atoms with Crippen LogP contribution in [0, 0.1) is 0 Å². The molecule has 7 heteroatoms. The van der Waals surface area contributed by atoms with Crippen molar-refractivity contribution in [1.29, 1.82) is 0 Å². The third kappa shape index (κ3) is 2.21. The molecule has 0 unspecified atom stereocenters. The summed E-state index contributed by atoms with van der Waals surface area (Å²) in [7, 11) is -3.85. The van der Waals surface area contributed by atoms with Gasteiger partial charge in [-0.1, -0.05) is 47.6 Å². The normalized spacial score (nSPS) is 15.5. The van der Waals surface area contributed by atoms with E-state index in [1.54, 1.807) is 18.2 Å². The summed E-state index contributed by atoms with van der Waals surface area (Å²) in [6.07, 6.45) is 0. The van der Waals surface area contributed by atoms with Crippen LogP contribution < -0.4 is 0 Å². The van der Waals surface area contributed by atoms with Gasteiger partial charge in [0, 0.05) is 11.6 Å². The SMILES string of the molecule is O=C1c2ccccc2S(=O)(=O)N1Cc1cc(-c2ccccc2)no1. The van der Waals surface area contributed by atoms with Crippen LogP contribution in [0.4, 0.5) is 0 Å². The summed E-state index contributed by atoms with van der Waals surface area (Å²) < 4.78 is 31.1. The third-order valence-corrected chi connectivity index (χ3v) is 5.63. The summed E-state index contributed by atoms with van der Waals surface area (Å²) in [5, 5.41) is 3.94. The Morgan fingerprint density at radius 1 is 1.00 bits per heavy atom. The molecule has 0 saturated heterocycles. The lowest BCUT2D eigenvalue weighted by molar-refractivity contribution is 0.0856. The van der Waals surface area contributed by atoms with Crippen LogP contribution in [-0.4, -0.2) is 23.8 Å². The topological polar surface area (TPSA) is 80.5 Å². The lowest BCUT2D eigenvalue weighted by Crippen LogP contribution is -2.29. The minimum atomic E-state index is -3.85. The van der Waals surface area contributed by atoms with E-state index >= 15 is 0 Å². The minimum Gasteiger partial charge on any atom is -0.359 e. The number of amides is 1. The molecule has 24 heavy (non-hydrogen) atoms. The number of nitrogens with zero attached hydrogens (tertiary/aromatic N) is 2. The standard InChI is InChI=1S/C17H12N2O4S/c20-17-14-8-4-5-9-16(14)24(21,22)19(17)11-13-10-15(18-23-13)12-6-2-1-3-7-12/h1-10H,11H2. The predicted octanol–water partition coefficient (Wildman–Crippen LogP) is 2.69. The average Bonchev–Trinajstić information content (AvgIpc) is 3.14. The number of fused-ring (bicyclic) bond motifs is 1. The van der Waals surface area contributed by atoms with E-state index in [4.69, 9.17) is 4.52 Å². The molecule has 1 aromatic heterocycles. The molecule has 6 nitrogen and oxygen atoms in total. The summed E-state index contributed by atoms with van der Waals surface area (Å²) in [6, 6.07) is 17.2. The van der Waals surface area contributed by atoms with E-state index in [0.717, 1.165) is 9.87 Å². The fourth-order valence-electron chi connectivity index (χ4n) is 2.66. The Balaban J connectivity index is 1.66. The Kier molecular flexibility index (Phi) is 3.24. The average molecular weight is 340 g/mol. The van der Waals surface area contributed by atoms with Crippen LogP contribution in [0.3, 0.4) is 0 Å². The Labute approximate surface area is 138 Å². The second-order valence-corrected chi connectivity index (χ2v) is 7.19. The van der Waals surface area contributed by atoms with Crippen molar-refractivity contribution in [3.05, 3.63) is 72.0 Å². The van der Waals surface area contributed by atoms with Gasteiger partial charge in [0.1, 0.15) is 10.6 Å². The zero-order chi connectivity index (χ0) is 16.7. The predicted molar refractivity (Wildman–Crippen MR) is 85.4 cm³/mol. The lowest BCUT2D eigenvalue weighted by atomic mass is 10.1. The van der Waals surface area contributed by atoms with E-state index in [1.165, 1.54) is 12.1 Å². The molecular formula is C17H12N2O4S. The Bertz CT molecular complexity index is 1030. The Morgan fingerprint density at radius 2 is 1.71 bits per heavy atom. The van der Waals surface area contributed by atoms with E-state index in [1.807, 2.05) is 30.3 Å². The summed E-state index contributed by atoms with van der Waals surface area (Å²) in [5.41, 5.74) is 1.62. The first-order valence-electron chi connectivity index (χ1n) is 7.24. The van der Waals surface area contributed by atoms with Crippen LogP contribution in [0.5, 0.6) is 0 Å². The molecule has 4 rings (SSSR count). The molecule has 0 atom stereocenters. The first kappa shape index (κ1) is 14.6. The fourth-order valence-corrected chi connectivity index (χ4v) is 4.20. The highest BCUT2D eigenvalue weighted by Crippen LogP contribution is 2.31. The van der Waals surface area contributed by atoms with Crippen LogP contribution in [0.25, 0.3) is 11.3 Å². The number of carbonyl (C=O) groups excluding carboxylic acids is 1. The Hall–Kier alpha value is -2.93. The molecule has 0 spiro atoms. The first-order valence-corrected chi connectivity index (χ1v) is 8.68. The monoisotopic (exact) mass is 340 g/mol. The van der Waals surface area contributed by atoms with E-state index in [0.29, 0.717) is 11.5 Å². The zero-order valence-corrected chi connectivity index (χ0v) is 13.2. The molecule has 2 heterocycles. The van der Waals surface area contributed by atoms with Gasteiger partial charge in [-0.15, -0.1) is 0 Å². The van der Waals surface area contributed by atoms with Gasteiger partial charge in [0.05, 0.1) is 12.1 Å². The van der Waals surface area contributed by atoms with Gasteiger partial charge in [0.2, 0.25) is 0 Å². The van der Waals surface area contributed by atoms with Gasteiger partial charge in [0.15, 0.2) is 5.76 Å². The van der Waals surface area contributed by atoms with Gasteiger partial charge in [0.25, 0.3) is 15.9 Å². The lowest BCUT2D eigenvalue weighted by Gasteiger charge is -2.12. The highest BCUT2D eigenvalue weighted by Gasteiger charge is 2.41. The molecule has 0 saturated carbocycles. The Morgan fingerprint density at radius 3 is 2.46 bits per heavy atom. The van der Waals surface area contributed by atoms with Crippen molar-refractivity contribution >= 4 is 15.9 Å². The summed E-state index contributed by atoms with van der Waals surface area (Å²) in [6.45, 7) is -0.185. The molecule has 1 aliphatic heterocycles. The van der Waals surface area contributed by atoms with E-state index < -0.39 is 15.9 Å². The molecule has 1 amide bonds. The van der Waals surface area contributed by atoms with Crippen LogP contribution >= 0.6 is 0 Å². The number of hydrogen-bond donors (Lipinski definition) is 0. The molecule has 0 radical (unpaired) electrons. The van der Waals surface area contributed by atoms with E-state index in [2.05, 4.69) is 5.16 Å². The summed E-state index contributed by atoms with van der Waals surface area (Å²) in [4.78, 5) is 12.4. The maximum atomic E-state index is 12.5. The second kappa shape index (κ2) is 5.31. The highest BCUT2D eigenvalue weighted by atomic mass is 32.2. The summed E-state index contributed by atoms with van der Waals surface area (Å²) >= 11 is 0. The second-order valence-electron chi connectivity index (χ2n) is 5.36. The van der Waals surface area contributed by atoms with Crippen LogP contribution in [0.1, 0.15) is 16.1 Å². The number of benzene rings is 2. The number of hydrogen-bond acceptors (Lipinski definition) is 5. The van der Waals surface area contributed by atoms with E-state index in [9.17, 15) is 13.2 Å². The van der Waals surface area contributed by atoms with Crippen molar-refractivity contribution < 1.29 is 17.7 Å². The fraction of sp³-hybridized carbons (Fsp3) is 0.0588. The molecular weight excluding hydrogens is 328 g/mol. The number of carbonyl (C=O) groups is 1. The first-order chi connectivity index (χ1) is 11.6. The van der Waals surface area contributed by atoms with Gasteiger partial charge in [-0.3, -0.25) is 4.79 Å². The van der Waals surface area contributed by atoms with Crippen molar-refractivity contribution in [3.63, 3.8) is 0 Å². The van der Waals surface area contributed by atoms with Crippen molar-refractivity contribution in [3.8, 4) is 11.3 Å². The van der Waals surface area contributed by atoms with Gasteiger partial charge >= 0.3 is 0 Å². The molecule has 3 aromatic rings. The van der Waals surface area contributed by atoms with Gasteiger partial charge < -0.3 is 4.52 Å². The van der Waals surface area contributed by atoms with Crippen molar-refractivity contribution in [1.82, 2.24) is 9.46 Å². The molecule has 120 valence electrons. The molecule has 2 aromatic carbocycles. The van der Waals surface area contributed by atoms with Crippen molar-refractivity contribution in [2.24, 2.45) is 0 Å². The van der Waals surface area contributed by atoms with Gasteiger partial charge in [-0.25, -0.2) is 12.7 Å². The van der Waals surface area contributed by atoms with Crippen LogP contribution in [-0.2, 0) is 16.6 Å². The molecule has 1 aliphatic rings. The van der Waals surface area contributed by atoms with E-state index in [-0.39, 0.29) is 17.0 Å². The van der Waals surface area contributed by atoms with Gasteiger partial charge in [-0.2, -0.15) is 0 Å². The molecule has 0 fully saturated rings. The van der Waals surface area contributed by atoms with Crippen molar-refractivity contribution in [2.75, 3.05) is 0 Å². The third-order valence-electron chi connectivity index (χ3n) is 3.84. The molecule has 0 aliphatic carbocycles. The number of rotatable bonds is 3.